The predicted octanol–water partition coefficient (Wildman–Crippen LogP) is 4.02. The van der Waals surface area contributed by atoms with E-state index in [4.69, 9.17) is 9.47 Å². The van der Waals surface area contributed by atoms with Crippen LogP contribution in [0.15, 0.2) is 40.4 Å². The molecular weight excluding hydrogens is 446 g/mol. The van der Waals surface area contributed by atoms with E-state index in [1.54, 1.807) is 18.2 Å². The highest BCUT2D eigenvalue weighted by atomic mass is 79.9. The van der Waals surface area contributed by atoms with Crippen LogP contribution in [0, 0.1) is 21.4 Å². The van der Waals surface area contributed by atoms with E-state index in [9.17, 15) is 25.3 Å². The SMILES string of the molecule is CCOc1c(Br)cc(/C=C(/C#N)C(=O)Nc2ccc([N+](=O)[O-])cc2O)cc1OC. The van der Waals surface area contributed by atoms with Gasteiger partial charge in [0.1, 0.15) is 17.4 Å². The summed E-state index contributed by atoms with van der Waals surface area (Å²) in [4.78, 5) is 22.5. The van der Waals surface area contributed by atoms with E-state index in [1.807, 2.05) is 6.92 Å². The number of carbonyl (C=O) groups excluding carboxylic acids is 1. The molecule has 0 aliphatic carbocycles. The standard InChI is InChI=1S/C19H16BrN3O6/c1-3-29-18-14(20)7-11(8-17(18)28-2)6-12(10-21)19(25)22-15-5-4-13(23(26)27)9-16(15)24/h4-9,24H,3H2,1-2H3,(H,22,25)/b12-6-. The highest BCUT2D eigenvalue weighted by molar-refractivity contribution is 9.10. The van der Waals surface area contributed by atoms with Gasteiger partial charge in [0.05, 0.1) is 34.9 Å². The zero-order valence-electron chi connectivity index (χ0n) is 15.4. The third-order valence-corrected chi connectivity index (χ3v) is 4.25. The summed E-state index contributed by atoms with van der Waals surface area (Å²) in [5.41, 5.74) is -0.146. The molecule has 0 radical (unpaired) electrons. The minimum atomic E-state index is -0.791. The van der Waals surface area contributed by atoms with Crippen molar-refractivity contribution in [2.45, 2.75) is 6.92 Å². The number of nitro groups is 1. The number of amides is 1. The first kappa shape index (κ1) is 21.7. The maximum absolute atomic E-state index is 12.4. The van der Waals surface area contributed by atoms with Gasteiger partial charge in [0.2, 0.25) is 0 Å². The molecule has 2 aromatic carbocycles. The van der Waals surface area contributed by atoms with Crippen molar-refractivity contribution in [3.63, 3.8) is 0 Å². The quantitative estimate of drug-likeness (QED) is 0.209. The highest BCUT2D eigenvalue weighted by Gasteiger charge is 2.16. The molecule has 0 saturated heterocycles. The third kappa shape index (κ3) is 5.24. The average Bonchev–Trinajstić information content (AvgIpc) is 2.69. The number of nitrogens with zero attached hydrogens (tertiary/aromatic N) is 2. The Kier molecular flexibility index (Phi) is 7.16. The van der Waals surface area contributed by atoms with Crippen molar-refractivity contribution in [2.24, 2.45) is 0 Å². The van der Waals surface area contributed by atoms with Crippen LogP contribution in [0.4, 0.5) is 11.4 Å². The number of phenolic OH excluding ortho intramolecular Hbond substituents is 1. The van der Waals surface area contributed by atoms with Crippen LogP contribution in [0.2, 0.25) is 0 Å². The topological polar surface area (TPSA) is 135 Å². The molecule has 2 N–H and O–H groups in total. The van der Waals surface area contributed by atoms with E-state index >= 15 is 0 Å². The molecule has 1 amide bonds. The van der Waals surface area contributed by atoms with E-state index in [-0.39, 0.29) is 16.9 Å². The number of nitro benzene ring substituents is 1. The second-order valence-electron chi connectivity index (χ2n) is 5.55. The van der Waals surface area contributed by atoms with Crippen LogP contribution >= 0.6 is 15.9 Å². The average molecular weight is 462 g/mol. The van der Waals surface area contributed by atoms with Gasteiger partial charge in [-0.05, 0) is 52.7 Å². The van der Waals surface area contributed by atoms with E-state index in [0.29, 0.717) is 28.1 Å². The summed E-state index contributed by atoms with van der Waals surface area (Å²) >= 11 is 3.36. The molecule has 0 bridgehead atoms. The van der Waals surface area contributed by atoms with Gasteiger partial charge in [0.25, 0.3) is 11.6 Å². The molecule has 0 aliphatic heterocycles. The Morgan fingerprint density at radius 1 is 1.41 bits per heavy atom. The van der Waals surface area contributed by atoms with Gasteiger partial charge in [0.15, 0.2) is 11.5 Å². The number of anilines is 1. The van der Waals surface area contributed by atoms with E-state index < -0.39 is 16.6 Å². The molecule has 0 aromatic heterocycles. The summed E-state index contributed by atoms with van der Waals surface area (Å²) in [6, 6.07) is 8.25. The van der Waals surface area contributed by atoms with E-state index in [0.717, 1.165) is 12.1 Å². The van der Waals surface area contributed by atoms with Crippen molar-refractivity contribution >= 4 is 39.3 Å². The Balaban J connectivity index is 2.32. The van der Waals surface area contributed by atoms with Crippen LogP contribution < -0.4 is 14.8 Å². The van der Waals surface area contributed by atoms with Crippen LogP contribution in [0.3, 0.4) is 0 Å². The molecular formula is C19H16BrN3O6. The lowest BCUT2D eigenvalue weighted by Crippen LogP contribution is -2.13. The number of hydrogen-bond donors (Lipinski definition) is 2. The molecule has 150 valence electrons. The Labute approximate surface area is 174 Å². The van der Waals surface area contributed by atoms with E-state index in [2.05, 4.69) is 21.2 Å². The zero-order valence-corrected chi connectivity index (χ0v) is 17.0. The summed E-state index contributed by atoms with van der Waals surface area (Å²) in [5.74, 6) is -0.375. The minimum Gasteiger partial charge on any atom is -0.506 e. The summed E-state index contributed by atoms with van der Waals surface area (Å²) < 4.78 is 11.4. The van der Waals surface area contributed by atoms with Gasteiger partial charge in [-0.3, -0.25) is 14.9 Å². The van der Waals surface area contributed by atoms with Gasteiger partial charge in [0, 0.05) is 6.07 Å². The second kappa shape index (κ2) is 9.57. The van der Waals surface area contributed by atoms with Crippen LogP contribution in [0.25, 0.3) is 6.08 Å². The van der Waals surface area contributed by atoms with Gasteiger partial charge in [-0.15, -0.1) is 0 Å². The summed E-state index contributed by atoms with van der Waals surface area (Å²) in [6.45, 7) is 2.25. The maximum Gasteiger partial charge on any atom is 0.273 e. The Morgan fingerprint density at radius 2 is 2.14 bits per heavy atom. The van der Waals surface area contributed by atoms with Crippen LogP contribution in [0.5, 0.6) is 17.2 Å². The summed E-state index contributed by atoms with van der Waals surface area (Å²) in [7, 11) is 1.47. The fraction of sp³-hybridized carbons (Fsp3) is 0.158. The third-order valence-electron chi connectivity index (χ3n) is 3.66. The normalized spacial score (nSPS) is 10.8. The summed E-state index contributed by atoms with van der Waals surface area (Å²) in [6.07, 6.45) is 1.33. The molecule has 9 nitrogen and oxygen atoms in total. The van der Waals surface area contributed by atoms with Crippen molar-refractivity contribution in [1.82, 2.24) is 0 Å². The number of hydrogen-bond acceptors (Lipinski definition) is 7. The number of aromatic hydroxyl groups is 1. The number of nitrogens with one attached hydrogen (secondary N) is 1. The highest BCUT2D eigenvalue weighted by Crippen LogP contribution is 2.37. The number of rotatable bonds is 7. The number of methoxy groups -OCH3 is 1. The van der Waals surface area contributed by atoms with Crippen LogP contribution in [-0.2, 0) is 4.79 Å². The van der Waals surface area contributed by atoms with Gasteiger partial charge in [-0.1, -0.05) is 0 Å². The van der Waals surface area contributed by atoms with Crippen molar-refractivity contribution in [3.8, 4) is 23.3 Å². The van der Waals surface area contributed by atoms with Crippen molar-refractivity contribution < 1.29 is 24.3 Å². The van der Waals surface area contributed by atoms with E-state index in [1.165, 1.54) is 19.3 Å². The summed E-state index contributed by atoms with van der Waals surface area (Å²) in [5, 5.41) is 32.3. The first-order valence-corrected chi connectivity index (χ1v) is 9.00. The second-order valence-corrected chi connectivity index (χ2v) is 6.40. The van der Waals surface area contributed by atoms with Gasteiger partial charge < -0.3 is 19.9 Å². The number of phenols is 1. The molecule has 2 rings (SSSR count). The van der Waals surface area contributed by atoms with Crippen molar-refractivity contribution in [2.75, 3.05) is 19.0 Å². The number of ether oxygens (including phenoxy) is 2. The largest absolute Gasteiger partial charge is 0.506 e. The van der Waals surface area contributed by atoms with Crippen molar-refractivity contribution in [3.05, 3.63) is 56.1 Å². The first-order chi connectivity index (χ1) is 13.8. The molecule has 0 unspecified atom stereocenters. The lowest BCUT2D eigenvalue weighted by molar-refractivity contribution is -0.384. The molecule has 0 aliphatic rings. The molecule has 0 saturated carbocycles. The Hall–Kier alpha value is -3.58. The molecule has 0 atom stereocenters. The maximum atomic E-state index is 12.4. The lowest BCUT2D eigenvalue weighted by Gasteiger charge is -2.12. The van der Waals surface area contributed by atoms with Gasteiger partial charge in [-0.25, -0.2) is 0 Å². The smallest absolute Gasteiger partial charge is 0.273 e. The number of nitriles is 1. The lowest BCUT2D eigenvalue weighted by atomic mass is 10.1. The first-order valence-electron chi connectivity index (χ1n) is 8.21. The Bertz CT molecular complexity index is 1030. The molecule has 0 fully saturated rings. The Morgan fingerprint density at radius 3 is 2.69 bits per heavy atom. The zero-order chi connectivity index (χ0) is 21.6. The minimum absolute atomic E-state index is 0.0628. The predicted molar refractivity (Wildman–Crippen MR) is 109 cm³/mol. The molecule has 2 aromatic rings. The molecule has 10 heteroatoms. The molecule has 29 heavy (non-hydrogen) atoms. The fourth-order valence-electron chi connectivity index (χ4n) is 2.35. The monoisotopic (exact) mass is 461 g/mol. The van der Waals surface area contributed by atoms with Crippen LogP contribution in [-0.4, -0.2) is 29.7 Å². The van der Waals surface area contributed by atoms with Crippen LogP contribution in [0.1, 0.15) is 12.5 Å². The number of halogens is 1. The molecule has 0 heterocycles. The number of non-ortho nitro benzene ring substituents is 1. The molecule has 0 spiro atoms. The fourth-order valence-corrected chi connectivity index (χ4v) is 2.93. The van der Waals surface area contributed by atoms with Gasteiger partial charge >= 0.3 is 0 Å². The van der Waals surface area contributed by atoms with Gasteiger partial charge in [-0.2, -0.15) is 5.26 Å². The van der Waals surface area contributed by atoms with Crippen molar-refractivity contribution in [1.29, 1.82) is 5.26 Å². The number of carbonyl (C=O) groups is 1. The number of benzene rings is 2.